The molecule has 0 fully saturated rings. The van der Waals surface area contributed by atoms with E-state index in [1.165, 1.54) is 6.92 Å². The Labute approximate surface area is 130 Å². The van der Waals surface area contributed by atoms with Crippen molar-refractivity contribution in [1.29, 1.82) is 0 Å². The van der Waals surface area contributed by atoms with Crippen LogP contribution >= 0.6 is 0 Å². The van der Waals surface area contributed by atoms with Crippen LogP contribution in [0.3, 0.4) is 0 Å². The van der Waals surface area contributed by atoms with Gasteiger partial charge < -0.3 is 5.32 Å². The molecule has 22 heavy (non-hydrogen) atoms. The Kier molecular flexibility index (Phi) is 5.30. The van der Waals surface area contributed by atoms with Crippen molar-refractivity contribution in [3.63, 3.8) is 0 Å². The summed E-state index contributed by atoms with van der Waals surface area (Å²) in [5.74, 6) is -0.556. The zero-order valence-corrected chi connectivity index (χ0v) is 13.0. The van der Waals surface area contributed by atoms with Gasteiger partial charge >= 0.3 is 0 Å². The van der Waals surface area contributed by atoms with Crippen molar-refractivity contribution in [2.24, 2.45) is 0 Å². The van der Waals surface area contributed by atoms with E-state index in [0.29, 0.717) is 11.3 Å². The van der Waals surface area contributed by atoms with E-state index in [0.717, 1.165) is 0 Å². The first-order valence-electron chi connectivity index (χ1n) is 6.86. The Morgan fingerprint density at radius 2 is 1.55 bits per heavy atom. The van der Waals surface area contributed by atoms with Gasteiger partial charge in [0.2, 0.25) is 15.9 Å². The van der Waals surface area contributed by atoms with E-state index in [9.17, 15) is 13.2 Å². The highest BCUT2D eigenvalue weighted by atomic mass is 32.2. The van der Waals surface area contributed by atoms with Crippen LogP contribution in [0, 0.1) is 0 Å². The fourth-order valence-electron chi connectivity index (χ4n) is 1.93. The molecule has 1 amide bonds. The van der Waals surface area contributed by atoms with Gasteiger partial charge in [0.15, 0.2) is 0 Å². The fraction of sp³-hybridized carbons (Fsp3) is 0.188. The van der Waals surface area contributed by atoms with Crippen LogP contribution in [-0.2, 0) is 20.6 Å². The SMILES string of the molecule is C[C@@H](NS(=O)(=O)Cc1ccccc1)C(=O)Nc1ccccc1. The van der Waals surface area contributed by atoms with Gasteiger partial charge in [-0.2, -0.15) is 0 Å². The number of anilines is 1. The van der Waals surface area contributed by atoms with Crippen LogP contribution in [0.5, 0.6) is 0 Å². The third kappa shape index (κ3) is 4.98. The number of hydrogen-bond donors (Lipinski definition) is 2. The highest BCUT2D eigenvalue weighted by Gasteiger charge is 2.20. The maximum absolute atomic E-state index is 12.1. The minimum absolute atomic E-state index is 0.156. The Bertz CT molecular complexity index is 716. The molecule has 0 radical (unpaired) electrons. The highest BCUT2D eigenvalue weighted by molar-refractivity contribution is 7.88. The van der Waals surface area contributed by atoms with Crippen LogP contribution in [0.2, 0.25) is 0 Å². The summed E-state index contributed by atoms with van der Waals surface area (Å²) < 4.78 is 26.5. The largest absolute Gasteiger partial charge is 0.325 e. The van der Waals surface area contributed by atoms with E-state index in [-0.39, 0.29) is 5.75 Å². The first-order chi connectivity index (χ1) is 10.5. The van der Waals surface area contributed by atoms with Crippen molar-refractivity contribution in [2.45, 2.75) is 18.7 Å². The minimum atomic E-state index is -3.58. The van der Waals surface area contributed by atoms with E-state index in [4.69, 9.17) is 0 Å². The topological polar surface area (TPSA) is 75.3 Å². The normalized spacial score (nSPS) is 12.6. The predicted molar refractivity (Wildman–Crippen MR) is 86.7 cm³/mol. The summed E-state index contributed by atoms with van der Waals surface area (Å²) >= 11 is 0. The van der Waals surface area contributed by atoms with Gasteiger partial charge in [-0.3, -0.25) is 4.79 Å². The molecule has 0 spiro atoms. The second-order valence-electron chi connectivity index (χ2n) is 4.94. The van der Waals surface area contributed by atoms with Gasteiger partial charge in [0.05, 0.1) is 11.8 Å². The van der Waals surface area contributed by atoms with E-state index >= 15 is 0 Å². The average Bonchev–Trinajstić information content (AvgIpc) is 2.48. The first-order valence-corrected chi connectivity index (χ1v) is 8.51. The molecule has 0 aromatic heterocycles. The molecule has 0 unspecified atom stereocenters. The molecule has 2 N–H and O–H groups in total. The lowest BCUT2D eigenvalue weighted by Gasteiger charge is -2.14. The van der Waals surface area contributed by atoms with Crippen LogP contribution in [-0.4, -0.2) is 20.4 Å². The molecule has 0 aliphatic rings. The van der Waals surface area contributed by atoms with Crippen LogP contribution in [0.25, 0.3) is 0 Å². The fourth-order valence-corrected chi connectivity index (χ4v) is 3.29. The lowest BCUT2D eigenvalue weighted by Crippen LogP contribution is -2.42. The predicted octanol–water partition coefficient (Wildman–Crippen LogP) is 2.13. The lowest BCUT2D eigenvalue weighted by atomic mass is 10.2. The van der Waals surface area contributed by atoms with Crippen LogP contribution < -0.4 is 10.0 Å². The standard InChI is InChI=1S/C16H18N2O3S/c1-13(16(19)17-15-10-6-3-7-11-15)18-22(20,21)12-14-8-4-2-5-9-14/h2-11,13,18H,12H2,1H3,(H,17,19)/t13-/m1/s1. The molecule has 116 valence electrons. The summed E-state index contributed by atoms with van der Waals surface area (Å²) in [5.41, 5.74) is 1.30. The summed E-state index contributed by atoms with van der Waals surface area (Å²) in [7, 11) is -3.58. The van der Waals surface area contributed by atoms with Crippen molar-refractivity contribution in [1.82, 2.24) is 4.72 Å². The maximum atomic E-state index is 12.1. The molecule has 0 aliphatic heterocycles. The van der Waals surface area contributed by atoms with E-state index in [1.54, 1.807) is 48.5 Å². The molecule has 0 bridgehead atoms. The average molecular weight is 318 g/mol. The van der Waals surface area contributed by atoms with Gasteiger partial charge in [0, 0.05) is 5.69 Å². The van der Waals surface area contributed by atoms with Gasteiger partial charge in [-0.1, -0.05) is 48.5 Å². The molecule has 1 atom stereocenters. The van der Waals surface area contributed by atoms with E-state index < -0.39 is 22.0 Å². The molecule has 2 rings (SSSR count). The van der Waals surface area contributed by atoms with Crippen LogP contribution in [0.1, 0.15) is 12.5 Å². The first kappa shape index (κ1) is 16.2. The lowest BCUT2D eigenvalue weighted by molar-refractivity contribution is -0.117. The van der Waals surface area contributed by atoms with E-state index in [1.807, 2.05) is 12.1 Å². The number of benzene rings is 2. The molecule has 0 heterocycles. The maximum Gasteiger partial charge on any atom is 0.242 e. The second-order valence-corrected chi connectivity index (χ2v) is 6.69. The summed E-state index contributed by atoms with van der Waals surface area (Å²) in [5, 5.41) is 2.66. The minimum Gasteiger partial charge on any atom is -0.325 e. The molecular formula is C16H18N2O3S. The number of para-hydroxylation sites is 1. The van der Waals surface area contributed by atoms with Crippen molar-refractivity contribution in [3.05, 3.63) is 66.2 Å². The van der Waals surface area contributed by atoms with Gasteiger partial charge in [0.25, 0.3) is 0 Å². The number of sulfonamides is 1. The number of carbonyl (C=O) groups excluding carboxylic acids is 1. The van der Waals surface area contributed by atoms with Crippen LogP contribution in [0.4, 0.5) is 5.69 Å². The number of carbonyl (C=O) groups is 1. The van der Waals surface area contributed by atoms with Gasteiger partial charge in [-0.25, -0.2) is 13.1 Å². The number of hydrogen-bond acceptors (Lipinski definition) is 3. The van der Waals surface area contributed by atoms with Crippen molar-refractivity contribution >= 4 is 21.6 Å². The summed E-state index contributed by atoms with van der Waals surface area (Å²) in [4.78, 5) is 12.0. The molecule has 0 saturated carbocycles. The van der Waals surface area contributed by atoms with Crippen molar-refractivity contribution < 1.29 is 13.2 Å². The summed E-state index contributed by atoms with van der Waals surface area (Å²) in [6.07, 6.45) is 0. The number of nitrogens with one attached hydrogen (secondary N) is 2. The number of rotatable bonds is 6. The molecule has 2 aromatic rings. The molecule has 2 aromatic carbocycles. The molecular weight excluding hydrogens is 300 g/mol. The smallest absolute Gasteiger partial charge is 0.242 e. The van der Waals surface area contributed by atoms with Gasteiger partial charge in [-0.05, 0) is 24.6 Å². The van der Waals surface area contributed by atoms with Gasteiger partial charge in [0.1, 0.15) is 0 Å². The molecule has 5 nitrogen and oxygen atoms in total. The monoisotopic (exact) mass is 318 g/mol. The Balaban J connectivity index is 1.95. The number of amides is 1. The van der Waals surface area contributed by atoms with Crippen molar-refractivity contribution in [2.75, 3.05) is 5.32 Å². The molecule has 0 saturated heterocycles. The highest BCUT2D eigenvalue weighted by Crippen LogP contribution is 2.07. The second kappa shape index (κ2) is 7.20. The van der Waals surface area contributed by atoms with E-state index in [2.05, 4.69) is 10.0 Å². The Hall–Kier alpha value is -2.18. The third-order valence-electron chi connectivity index (χ3n) is 2.99. The molecule has 0 aliphatic carbocycles. The Morgan fingerprint density at radius 1 is 1.00 bits per heavy atom. The summed E-state index contributed by atoms with van der Waals surface area (Å²) in [6.45, 7) is 1.51. The van der Waals surface area contributed by atoms with Gasteiger partial charge in [-0.15, -0.1) is 0 Å². The van der Waals surface area contributed by atoms with Crippen molar-refractivity contribution in [3.8, 4) is 0 Å². The zero-order valence-electron chi connectivity index (χ0n) is 12.2. The van der Waals surface area contributed by atoms with Crippen LogP contribution in [0.15, 0.2) is 60.7 Å². The zero-order chi connectivity index (χ0) is 16.0. The quantitative estimate of drug-likeness (QED) is 0.857. The Morgan fingerprint density at radius 3 is 2.14 bits per heavy atom. The third-order valence-corrected chi connectivity index (χ3v) is 4.42. The summed E-state index contributed by atoms with van der Waals surface area (Å²) in [6, 6.07) is 16.9. The molecule has 6 heteroatoms.